The summed E-state index contributed by atoms with van der Waals surface area (Å²) in [7, 11) is -4.01. The summed E-state index contributed by atoms with van der Waals surface area (Å²) in [6, 6.07) is 0. The molecule has 1 atom stereocenters. The van der Waals surface area contributed by atoms with Crippen LogP contribution in [0, 0.1) is 5.92 Å². The monoisotopic (exact) mass is 322 g/mol. The van der Waals surface area contributed by atoms with Crippen molar-refractivity contribution in [2.45, 2.75) is 39.7 Å². The third kappa shape index (κ3) is 5.50. The van der Waals surface area contributed by atoms with Gasteiger partial charge in [0.05, 0.1) is 18.6 Å². The van der Waals surface area contributed by atoms with Gasteiger partial charge in [0.1, 0.15) is 0 Å². The van der Waals surface area contributed by atoms with Crippen molar-refractivity contribution in [2.24, 2.45) is 5.92 Å². The van der Waals surface area contributed by atoms with Crippen LogP contribution in [0.2, 0.25) is 0 Å². The topological polar surface area (TPSA) is 102 Å². The molecule has 1 heterocycles. The van der Waals surface area contributed by atoms with Gasteiger partial charge < -0.3 is 9.47 Å². The molecule has 1 aliphatic rings. The molecule has 0 aromatic carbocycles. The SMILES string of the molecule is CCOC(=O)C1CCCN(S(=O)(=O)NC(=O)OC(C)C)C1. The van der Waals surface area contributed by atoms with Crippen LogP contribution in [0.25, 0.3) is 0 Å². The van der Waals surface area contributed by atoms with E-state index < -0.39 is 34.3 Å². The quantitative estimate of drug-likeness (QED) is 0.745. The zero-order valence-electron chi connectivity index (χ0n) is 12.5. The Hall–Kier alpha value is -1.35. The summed E-state index contributed by atoms with van der Waals surface area (Å²) in [4.78, 5) is 23.1. The zero-order valence-corrected chi connectivity index (χ0v) is 13.3. The Bertz CT molecular complexity index is 476. The fourth-order valence-electron chi connectivity index (χ4n) is 2.02. The molecule has 122 valence electrons. The average Bonchev–Trinajstić information content (AvgIpc) is 2.37. The number of piperidine rings is 1. The fourth-order valence-corrected chi connectivity index (χ4v) is 3.15. The first-order valence-corrected chi connectivity index (χ1v) is 8.35. The highest BCUT2D eigenvalue weighted by Gasteiger charge is 2.34. The molecular formula is C12H22N2O6S. The minimum absolute atomic E-state index is 0.00310. The summed E-state index contributed by atoms with van der Waals surface area (Å²) in [6.45, 7) is 5.43. The molecule has 0 spiro atoms. The summed E-state index contributed by atoms with van der Waals surface area (Å²) in [5.41, 5.74) is 0. The van der Waals surface area contributed by atoms with E-state index in [1.165, 1.54) is 0 Å². The van der Waals surface area contributed by atoms with Gasteiger partial charge in [0.15, 0.2) is 0 Å². The maximum absolute atomic E-state index is 12.1. The van der Waals surface area contributed by atoms with Crippen molar-refractivity contribution in [2.75, 3.05) is 19.7 Å². The van der Waals surface area contributed by atoms with Gasteiger partial charge in [-0.2, -0.15) is 12.7 Å². The Labute approximate surface area is 125 Å². The molecule has 0 aromatic heterocycles. The number of ether oxygens (including phenoxy) is 2. The van der Waals surface area contributed by atoms with Crippen molar-refractivity contribution >= 4 is 22.3 Å². The van der Waals surface area contributed by atoms with Crippen LogP contribution >= 0.6 is 0 Å². The molecular weight excluding hydrogens is 300 g/mol. The molecule has 0 aromatic rings. The lowest BCUT2D eigenvalue weighted by atomic mass is 10.0. The zero-order chi connectivity index (χ0) is 16.0. The van der Waals surface area contributed by atoms with Gasteiger partial charge in [-0.3, -0.25) is 4.79 Å². The van der Waals surface area contributed by atoms with Crippen molar-refractivity contribution in [1.82, 2.24) is 9.03 Å². The first-order valence-electron chi connectivity index (χ1n) is 6.91. The molecule has 1 N–H and O–H groups in total. The van der Waals surface area contributed by atoms with E-state index in [9.17, 15) is 18.0 Å². The number of nitrogens with one attached hydrogen (secondary N) is 1. The van der Waals surface area contributed by atoms with Crippen LogP contribution in [0.4, 0.5) is 4.79 Å². The van der Waals surface area contributed by atoms with E-state index in [0.717, 1.165) is 4.31 Å². The van der Waals surface area contributed by atoms with Crippen LogP contribution in [0.5, 0.6) is 0 Å². The summed E-state index contributed by atoms with van der Waals surface area (Å²) in [5, 5.41) is 0. The Morgan fingerprint density at radius 1 is 1.38 bits per heavy atom. The number of carbonyl (C=O) groups is 2. The number of carbonyl (C=O) groups excluding carboxylic acids is 2. The van der Waals surface area contributed by atoms with Crippen LogP contribution in [-0.4, -0.2) is 50.6 Å². The van der Waals surface area contributed by atoms with Crippen LogP contribution in [0.15, 0.2) is 0 Å². The van der Waals surface area contributed by atoms with Gasteiger partial charge in [0, 0.05) is 13.1 Å². The molecule has 1 aliphatic heterocycles. The number of nitrogens with zero attached hydrogens (tertiary/aromatic N) is 1. The molecule has 21 heavy (non-hydrogen) atoms. The first kappa shape index (κ1) is 17.7. The second kappa shape index (κ2) is 7.60. The predicted molar refractivity (Wildman–Crippen MR) is 74.6 cm³/mol. The smallest absolute Gasteiger partial charge is 0.422 e. The van der Waals surface area contributed by atoms with E-state index in [1.54, 1.807) is 20.8 Å². The van der Waals surface area contributed by atoms with Gasteiger partial charge in [-0.1, -0.05) is 0 Å². The second-order valence-corrected chi connectivity index (χ2v) is 6.68. The highest BCUT2D eigenvalue weighted by atomic mass is 32.2. The fraction of sp³-hybridized carbons (Fsp3) is 0.833. The highest BCUT2D eigenvalue weighted by molar-refractivity contribution is 7.87. The maximum Gasteiger partial charge on any atom is 0.422 e. The highest BCUT2D eigenvalue weighted by Crippen LogP contribution is 2.20. The van der Waals surface area contributed by atoms with E-state index in [1.807, 2.05) is 4.72 Å². The predicted octanol–water partition coefficient (Wildman–Crippen LogP) is 0.641. The average molecular weight is 322 g/mol. The van der Waals surface area contributed by atoms with Gasteiger partial charge in [-0.25, -0.2) is 9.52 Å². The van der Waals surface area contributed by atoms with Crippen LogP contribution < -0.4 is 4.72 Å². The Morgan fingerprint density at radius 2 is 2.05 bits per heavy atom. The molecule has 0 radical (unpaired) electrons. The van der Waals surface area contributed by atoms with E-state index in [4.69, 9.17) is 9.47 Å². The number of rotatable bonds is 5. The lowest BCUT2D eigenvalue weighted by Crippen LogP contribution is -2.49. The maximum atomic E-state index is 12.1. The van der Waals surface area contributed by atoms with Crippen molar-refractivity contribution in [1.29, 1.82) is 0 Å². The largest absolute Gasteiger partial charge is 0.466 e. The van der Waals surface area contributed by atoms with Crippen molar-refractivity contribution in [3.05, 3.63) is 0 Å². The number of hydrogen-bond acceptors (Lipinski definition) is 6. The normalized spacial score (nSPS) is 20.1. The van der Waals surface area contributed by atoms with Crippen molar-refractivity contribution in [3.63, 3.8) is 0 Å². The van der Waals surface area contributed by atoms with Crippen LogP contribution in [-0.2, 0) is 24.5 Å². The summed E-state index contributed by atoms with van der Waals surface area (Å²) < 4.78 is 36.7. The van der Waals surface area contributed by atoms with Crippen molar-refractivity contribution in [3.8, 4) is 0 Å². The molecule has 1 saturated heterocycles. The van der Waals surface area contributed by atoms with E-state index in [2.05, 4.69) is 0 Å². The minimum atomic E-state index is -4.01. The molecule has 0 saturated carbocycles. The molecule has 1 amide bonds. The second-order valence-electron chi connectivity index (χ2n) is 5.01. The number of amides is 1. The van der Waals surface area contributed by atoms with Gasteiger partial charge in [-0.15, -0.1) is 0 Å². The standard InChI is InChI=1S/C12H22N2O6S/c1-4-19-11(15)10-6-5-7-14(8-10)21(17,18)13-12(16)20-9(2)3/h9-10H,4-8H2,1-3H3,(H,13,16). The Balaban J connectivity index is 2.66. The van der Waals surface area contributed by atoms with E-state index in [-0.39, 0.29) is 19.7 Å². The third-order valence-corrected chi connectivity index (χ3v) is 4.34. The van der Waals surface area contributed by atoms with Crippen LogP contribution in [0.1, 0.15) is 33.6 Å². The molecule has 1 rings (SSSR count). The number of esters is 1. The van der Waals surface area contributed by atoms with Crippen molar-refractivity contribution < 1.29 is 27.5 Å². The van der Waals surface area contributed by atoms with Gasteiger partial charge in [0.2, 0.25) is 0 Å². The van der Waals surface area contributed by atoms with Crippen LogP contribution in [0.3, 0.4) is 0 Å². The minimum Gasteiger partial charge on any atom is -0.466 e. The summed E-state index contributed by atoms with van der Waals surface area (Å²) in [6.07, 6.45) is -0.345. The molecule has 9 heteroatoms. The van der Waals surface area contributed by atoms with Gasteiger partial charge in [-0.05, 0) is 33.6 Å². The third-order valence-electron chi connectivity index (χ3n) is 2.90. The molecule has 1 fully saturated rings. The Kier molecular flexibility index (Phi) is 6.41. The first-order chi connectivity index (χ1) is 9.76. The molecule has 0 aliphatic carbocycles. The van der Waals surface area contributed by atoms with Gasteiger partial charge in [0.25, 0.3) is 0 Å². The Morgan fingerprint density at radius 3 is 2.62 bits per heavy atom. The summed E-state index contributed by atoms with van der Waals surface area (Å²) >= 11 is 0. The molecule has 8 nitrogen and oxygen atoms in total. The lowest BCUT2D eigenvalue weighted by molar-refractivity contribution is -0.149. The molecule has 1 unspecified atom stereocenters. The van der Waals surface area contributed by atoms with E-state index in [0.29, 0.717) is 12.8 Å². The van der Waals surface area contributed by atoms with Gasteiger partial charge >= 0.3 is 22.3 Å². The lowest BCUT2D eigenvalue weighted by Gasteiger charge is -2.30. The molecule has 0 bridgehead atoms. The van der Waals surface area contributed by atoms with E-state index >= 15 is 0 Å². The number of hydrogen-bond donors (Lipinski definition) is 1. The summed E-state index contributed by atoms with van der Waals surface area (Å²) in [5.74, 6) is -0.918.